The highest BCUT2D eigenvalue weighted by Crippen LogP contribution is 2.45. The van der Waals surface area contributed by atoms with Crippen molar-refractivity contribution in [2.24, 2.45) is 0 Å². The molecule has 0 amide bonds. The molecular weight excluding hydrogens is 346 g/mol. The fraction of sp³-hybridized carbons (Fsp3) is 0.368. The number of aromatic amines is 1. The maximum Gasteiger partial charge on any atom is 0.254 e. The van der Waals surface area contributed by atoms with Crippen LogP contribution in [-0.4, -0.2) is 33.3 Å². The maximum absolute atomic E-state index is 12.7. The van der Waals surface area contributed by atoms with Gasteiger partial charge in [-0.1, -0.05) is 41.7 Å². The Morgan fingerprint density at radius 1 is 1.12 bits per heavy atom. The zero-order valence-corrected chi connectivity index (χ0v) is 15.1. The lowest BCUT2D eigenvalue weighted by Crippen LogP contribution is -2.42. The molecule has 1 aromatic carbocycles. The monoisotopic (exact) mass is 365 g/mol. The van der Waals surface area contributed by atoms with Crippen LogP contribution >= 0.6 is 11.3 Å². The van der Waals surface area contributed by atoms with Crippen molar-refractivity contribution in [1.82, 2.24) is 20.2 Å². The second kappa shape index (κ2) is 6.02. The molecule has 0 bridgehead atoms. The highest BCUT2D eigenvalue weighted by molar-refractivity contribution is 7.13. The summed E-state index contributed by atoms with van der Waals surface area (Å²) >= 11 is 1.58. The predicted molar refractivity (Wildman–Crippen MR) is 102 cm³/mol. The lowest BCUT2D eigenvalue weighted by atomic mass is 9.76. The van der Waals surface area contributed by atoms with Gasteiger partial charge in [-0.15, -0.1) is 10.2 Å². The molecular formula is C19H19N5OS. The van der Waals surface area contributed by atoms with Crippen molar-refractivity contribution < 1.29 is 0 Å². The maximum atomic E-state index is 12.7. The van der Waals surface area contributed by atoms with E-state index in [1.165, 1.54) is 0 Å². The van der Waals surface area contributed by atoms with Gasteiger partial charge in [-0.25, -0.2) is 4.98 Å². The molecule has 26 heavy (non-hydrogen) atoms. The van der Waals surface area contributed by atoms with Crippen LogP contribution in [0, 0.1) is 0 Å². The first kappa shape index (κ1) is 15.7. The molecule has 0 unspecified atom stereocenters. The molecule has 0 atom stereocenters. The third-order valence-electron chi connectivity index (χ3n) is 5.76. The largest absolute Gasteiger partial charge is 0.347 e. The Bertz CT molecular complexity index is 975. The number of H-pyrrole nitrogens is 1. The SMILES string of the molecule is O=c1[nH]c(-c2ccccc2)nc2c1CCC21CCN(c2nncs2)CC1. The van der Waals surface area contributed by atoms with Crippen molar-refractivity contribution in [3.8, 4) is 11.4 Å². The number of fused-ring (bicyclic) bond motifs is 2. The summed E-state index contributed by atoms with van der Waals surface area (Å²) in [6.07, 6.45) is 3.85. The summed E-state index contributed by atoms with van der Waals surface area (Å²) in [7, 11) is 0. The molecule has 1 saturated heterocycles. The lowest BCUT2D eigenvalue weighted by Gasteiger charge is -2.39. The first-order valence-electron chi connectivity index (χ1n) is 8.95. The standard InChI is InChI=1S/C19H19N5OS/c25-17-14-6-7-19(8-10-24(11-9-19)18-23-20-12-26-18)15(14)21-16(22-17)13-4-2-1-3-5-13/h1-5,12H,6-11H2,(H,21,22,25). The summed E-state index contributed by atoms with van der Waals surface area (Å²) in [6, 6.07) is 9.89. The Hall–Kier alpha value is -2.54. The molecule has 3 aromatic rings. The topological polar surface area (TPSA) is 74.8 Å². The molecule has 5 rings (SSSR count). The first-order chi connectivity index (χ1) is 12.8. The summed E-state index contributed by atoms with van der Waals surface area (Å²) in [4.78, 5) is 22.9. The van der Waals surface area contributed by atoms with E-state index in [0.717, 1.165) is 60.7 Å². The smallest absolute Gasteiger partial charge is 0.254 e. The van der Waals surface area contributed by atoms with Crippen LogP contribution in [0.2, 0.25) is 0 Å². The van der Waals surface area contributed by atoms with E-state index >= 15 is 0 Å². The van der Waals surface area contributed by atoms with E-state index < -0.39 is 0 Å². The predicted octanol–water partition coefficient (Wildman–Crippen LogP) is 2.77. The Kier molecular flexibility index (Phi) is 3.63. The van der Waals surface area contributed by atoms with Gasteiger partial charge < -0.3 is 9.88 Å². The van der Waals surface area contributed by atoms with Gasteiger partial charge >= 0.3 is 0 Å². The fourth-order valence-electron chi connectivity index (χ4n) is 4.30. The molecule has 6 nitrogen and oxygen atoms in total. The van der Waals surface area contributed by atoms with Crippen LogP contribution in [0.1, 0.15) is 30.5 Å². The Morgan fingerprint density at radius 2 is 1.92 bits per heavy atom. The molecule has 0 radical (unpaired) electrons. The molecule has 1 aliphatic heterocycles. The molecule has 1 N–H and O–H groups in total. The van der Waals surface area contributed by atoms with Crippen molar-refractivity contribution in [1.29, 1.82) is 0 Å². The number of hydrogen-bond acceptors (Lipinski definition) is 6. The van der Waals surface area contributed by atoms with Crippen LogP contribution in [-0.2, 0) is 11.8 Å². The average Bonchev–Trinajstić information content (AvgIpc) is 3.33. The van der Waals surface area contributed by atoms with E-state index in [2.05, 4.69) is 20.1 Å². The minimum atomic E-state index is 0.0221. The number of anilines is 1. The van der Waals surface area contributed by atoms with Gasteiger partial charge in [-0.3, -0.25) is 4.79 Å². The van der Waals surface area contributed by atoms with Gasteiger partial charge in [0.15, 0.2) is 0 Å². The molecule has 3 heterocycles. The number of aromatic nitrogens is 4. The van der Waals surface area contributed by atoms with Crippen LogP contribution in [0.25, 0.3) is 11.4 Å². The quantitative estimate of drug-likeness (QED) is 0.756. The summed E-state index contributed by atoms with van der Waals surface area (Å²) in [6.45, 7) is 1.87. The Balaban J connectivity index is 1.50. The van der Waals surface area contributed by atoms with Crippen molar-refractivity contribution in [3.05, 3.63) is 57.5 Å². The molecule has 7 heteroatoms. The van der Waals surface area contributed by atoms with E-state index in [1.807, 2.05) is 30.3 Å². The highest BCUT2D eigenvalue weighted by atomic mass is 32.1. The molecule has 1 aliphatic carbocycles. The second-order valence-corrected chi connectivity index (χ2v) is 7.91. The second-order valence-electron chi connectivity index (χ2n) is 7.10. The zero-order chi connectivity index (χ0) is 17.6. The summed E-state index contributed by atoms with van der Waals surface area (Å²) in [5.74, 6) is 0.683. The number of nitrogens with zero attached hydrogens (tertiary/aromatic N) is 4. The minimum absolute atomic E-state index is 0.0221. The van der Waals surface area contributed by atoms with Crippen LogP contribution in [0.4, 0.5) is 5.13 Å². The number of hydrogen-bond donors (Lipinski definition) is 1. The first-order valence-corrected chi connectivity index (χ1v) is 9.83. The Morgan fingerprint density at radius 3 is 2.65 bits per heavy atom. The van der Waals surface area contributed by atoms with Crippen LogP contribution in [0.3, 0.4) is 0 Å². The van der Waals surface area contributed by atoms with E-state index in [4.69, 9.17) is 4.98 Å². The van der Waals surface area contributed by atoms with Crippen molar-refractivity contribution in [3.63, 3.8) is 0 Å². The minimum Gasteiger partial charge on any atom is -0.347 e. The summed E-state index contributed by atoms with van der Waals surface area (Å²) < 4.78 is 0. The van der Waals surface area contributed by atoms with Gasteiger partial charge in [0, 0.05) is 29.6 Å². The van der Waals surface area contributed by atoms with E-state index in [1.54, 1.807) is 16.8 Å². The van der Waals surface area contributed by atoms with Crippen LogP contribution in [0.15, 0.2) is 40.6 Å². The van der Waals surface area contributed by atoms with E-state index in [0.29, 0.717) is 5.82 Å². The van der Waals surface area contributed by atoms with Crippen LogP contribution in [0.5, 0.6) is 0 Å². The van der Waals surface area contributed by atoms with Gasteiger partial charge in [0.1, 0.15) is 11.3 Å². The summed E-state index contributed by atoms with van der Waals surface area (Å²) in [5.41, 5.74) is 4.69. The molecule has 1 fully saturated rings. The molecule has 1 spiro atoms. The lowest BCUT2D eigenvalue weighted by molar-refractivity contribution is 0.323. The number of piperidine rings is 1. The number of rotatable bonds is 2. The summed E-state index contributed by atoms with van der Waals surface area (Å²) in [5, 5.41) is 9.13. The van der Waals surface area contributed by atoms with Gasteiger partial charge in [-0.05, 0) is 25.7 Å². The molecule has 132 valence electrons. The van der Waals surface area contributed by atoms with Gasteiger partial charge in [0.05, 0.1) is 5.69 Å². The van der Waals surface area contributed by atoms with Gasteiger partial charge in [0.25, 0.3) is 5.56 Å². The fourth-order valence-corrected chi connectivity index (χ4v) is 4.92. The van der Waals surface area contributed by atoms with Crippen molar-refractivity contribution in [2.75, 3.05) is 18.0 Å². The highest BCUT2D eigenvalue weighted by Gasteiger charge is 2.44. The van der Waals surface area contributed by atoms with E-state index in [-0.39, 0.29) is 11.0 Å². The normalized spacial score (nSPS) is 18.2. The number of nitrogens with one attached hydrogen (secondary N) is 1. The average molecular weight is 365 g/mol. The molecule has 2 aliphatic rings. The van der Waals surface area contributed by atoms with Crippen molar-refractivity contribution in [2.45, 2.75) is 31.1 Å². The number of benzene rings is 1. The Labute approximate surface area is 154 Å². The van der Waals surface area contributed by atoms with Crippen molar-refractivity contribution >= 4 is 16.5 Å². The van der Waals surface area contributed by atoms with Gasteiger partial charge in [-0.2, -0.15) is 0 Å². The zero-order valence-electron chi connectivity index (χ0n) is 14.3. The van der Waals surface area contributed by atoms with Gasteiger partial charge in [0.2, 0.25) is 5.13 Å². The molecule has 2 aromatic heterocycles. The van der Waals surface area contributed by atoms with Crippen LogP contribution < -0.4 is 10.5 Å². The van der Waals surface area contributed by atoms with E-state index in [9.17, 15) is 4.79 Å². The third kappa shape index (κ3) is 2.46. The third-order valence-corrected chi connectivity index (χ3v) is 6.51. The molecule has 0 saturated carbocycles.